The first-order valence-corrected chi connectivity index (χ1v) is 20.6. The molecule has 1 heterocycles. The molecule has 0 saturated heterocycles. The largest absolute Gasteiger partial charge is 0.380 e. The summed E-state index contributed by atoms with van der Waals surface area (Å²) in [6, 6.07) is 44.4. The Morgan fingerprint density at radius 1 is 0.395 bits per heavy atom. The Kier molecular flexibility index (Phi) is 7.32. The third kappa shape index (κ3) is 5.09. The lowest BCUT2D eigenvalue weighted by Crippen LogP contribution is -2.65. The van der Waals surface area contributed by atoms with Crippen molar-refractivity contribution >= 4 is 45.4 Å². The van der Waals surface area contributed by atoms with Crippen LogP contribution >= 0.6 is 0 Å². The molecule has 0 N–H and O–H groups in total. The van der Waals surface area contributed by atoms with Gasteiger partial charge in [0.15, 0.2) is 0 Å². The van der Waals surface area contributed by atoms with Gasteiger partial charge in [0.05, 0.1) is 0 Å². The number of hydrogen-bond donors (Lipinski definition) is 0. The number of rotatable bonds is 7. The molecule has 0 amide bonds. The summed E-state index contributed by atoms with van der Waals surface area (Å²) in [7, 11) is -3.54. The van der Waals surface area contributed by atoms with E-state index in [9.17, 15) is 0 Å². The van der Waals surface area contributed by atoms with Crippen LogP contribution < -0.4 is 0 Å². The number of benzene rings is 4. The molecule has 0 fully saturated rings. The molecule has 4 aromatic rings. The molecular weight excluding hydrogens is 489 g/mol. The van der Waals surface area contributed by atoms with Gasteiger partial charge in [-0.15, -0.1) is 0 Å². The SMILES string of the molecule is C[Si](C)(C)N(B1C(c2ccccc2)=C(c2ccccc2)C(c2ccccc2)=C1c1ccccc1)[Si](C)(C)C. The van der Waals surface area contributed by atoms with Crippen LogP contribution in [-0.2, 0) is 0 Å². The highest BCUT2D eigenvalue weighted by Crippen LogP contribution is 2.53. The molecule has 0 radical (unpaired) electrons. The molecule has 0 atom stereocenters. The van der Waals surface area contributed by atoms with E-state index in [1.165, 1.54) is 44.3 Å². The highest BCUT2D eigenvalue weighted by molar-refractivity contribution is 7.12. The second kappa shape index (κ2) is 10.5. The minimum Gasteiger partial charge on any atom is -0.380 e. The number of hydrogen-bond acceptors (Lipinski definition) is 1. The van der Waals surface area contributed by atoms with E-state index in [4.69, 9.17) is 0 Å². The Balaban J connectivity index is 1.99. The minimum absolute atomic E-state index is 0.184. The van der Waals surface area contributed by atoms with Gasteiger partial charge in [-0.05, 0) is 44.3 Å². The van der Waals surface area contributed by atoms with E-state index in [0.29, 0.717) is 0 Å². The maximum absolute atomic E-state index is 3.00. The summed E-state index contributed by atoms with van der Waals surface area (Å²) < 4.78 is 3.00. The number of allylic oxidation sites excluding steroid dienone is 2. The first kappa shape index (κ1) is 26.4. The Morgan fingerprint density at radius 3 is 0.921 bits per heavy atom. The van der Waals surface area contributed by atoms with E-state index in [2.05, 4.69) is 165 Å². The Hall–Kier alpha value is -3.18. The Morgan fingerprint density at radius 2 is 0.658 bits per heavy atom. The molecule has 0 bridgehead atoms. The maximum Gasteiger partial charge on any atom is 0.280 e. The van der Waals surface area contributed by atoms with Crippen molar-refractivity contribution in [3.05, 3.63) is 144 Å². The van der Waals surface area contributed by atoms with Crippen LogP contribution in [0.25, 0.3) is 22.1 Å². The molecule has 1 nitrogen and oxygen atoms in total. The van der Waals surface area contributed by atoms with E-state index in [1.807, 2.05) is 0 Å². The summed E-state index contributed by atoms with van der Waals surface area (Å²) in [5, 5.41) is 0. The molecule has 4 heteroatoms. The van der Waals surface area contributed by atoms with Crippen LogP contribution in [-0.4, -0.2) is 27.5 Å². The first-order chi connectivity index (χ1) is 18.2. The van der Waals surface area contributed by atoms with Gasteiger partial charge in [-0.1, -0.05) is 161 Å². The molecule has 5 rings (SSSR count). The minimum atomic E-state index is -1.77. The molecule has 0 saturated carbocycles. The summed E-state index contributed by atoms with van der Waals surface area (Å²) in [6.07, 6.45) is 0. The fraction of sp³-hybridized carbons (Fsp3) is 0.176. The lowest BCUT2D eigenvalue weighted by atomic mass is 9.49. The molecule has 1 aliphatic heterocycles. The third-order valence-electron chi connectivity index (χ3n) is 7.33. The zero-order chi connectivity index (χ0) is 26.9. The second-order valence-corrected chi connectivity index (χ2v) is 22.2. The van der Waals surface area contributed by atoms with E-state index >= 15 is 0 Å². The molecule has 0 unspecified atom stereocenters. The van der Waals surface area contributed by atoms with Crippen molar-refractivity contribution in [3.8, 4) is 0 Å². The molecule has 0 spiro atoms. The van der Waals surface area contributed by atoms with Gasteiger partial charge < -0.3 is 4.14 Å². The van der Waals surface area contributed by atoms with Crippen molar-refractivity contribution in [1.29, 1.82) is 0 Å². The van der Waals surface area contributed by atoms with Crippen LogP contribution in [0.15, 0.2) is 121 Å². The topological polar surface area (TPSA) is 3.24 Å². The van der Waals surface area contributed by atoms with Crippen LogP contribution in [0.4, 0.5) is 0 Å². The van der Waals surface area contributed by atoms with Crippen molar-refractivity contribution < 1.29 is 0 Å². The Bertz CT molecular complexity index is 1340. The van der Waals surface area contributed by atoms with Crippen molar-refractivity contribution in [2.75, 3.05) is 0 Å². The van der Waals surface area contributed by atoms with Gasteiger partial charge in [0.1, 0.15) is 16.5 Å². The van der Waals surface area contributed by atoms with Crippen molar-refractivity contribution in [1.82, 2.24) is 4.14 Å². The quantitative estimate of drug-likeness (QED) is 0.217. The second-order valence-electron chi connectivity index (χ2n) is 12.2. The fourth-order valence-electron chi connectivity index (χ4n) is 6.38. The van der Waals surface area contributed by atoms with Crippen molar-refractivity contribution in [3.63, 3.8) is 0 Å². The summed E-state index contributed by atoms with van der Waals surface area (Å²) >= 11 is 0. The highest BCUT2D eigenvalue weighted by Gasteiger charge is 2.49. The van der Waals surface area contributed by atoms with E-state index in [1.54, 1.807) is 0 Å². The van der Waals surface area contributed by atoms with Gasteiger partial charge in [0.2, 0.25) is 0 Å². The molecule has 38 heavy (non-hydrogen) atoms. The molecule has 4 aromatic carbocycles. The lowest BCUT2D eigenvalue weighted by Gasteiger charge is -2.48. The smallest absolute Gasteiger partial charge is 0.280 e. The standard InChI is InChI=1S/C34H38BNSi2/c1-37(2,3)36(38(4,5)6)35-33(29-23-15-9-16-24-29)31(27-19-11-7-12-20-27)32(28-21-13-8-14-22-28)34(35)30-25-17-10-18-26-30/h7-26H,1-6H3. The maximum atomic E-state index is 3.00. The molecule has 0 aliphatic carbocycles. The molecule has 190 valence electrons. The molecule has 1 aliphatic rings. The average Bonchev–Trinajstić information content (AvgIpc) is 3.24. The average molecular weight is 528 g/mol. The van der Waals surface area contributed by atoms with Gasteiger partial charge in [0.25, 0.3) is 6.85 Å². The van der Waals surface area contributed by atoms with Crippen LogP contribution in [0.1, 0.15) is 22.3 Å². The van der Waals surface area contributed by atoms with Gasteiger partial charge >= 0.3 is 0 Å². The van der Waals surface area contributed by atoms with Crippen LogP contribution in [0.5, 0.6) is 0 Å². The van der Waals surface area contributed by atoms with Crippen LogP contribution in [0.3, 0.4) is 0 Å². The molecule has 0 aromatic heterocycles. The third-order valence-corrected chi connectivity index (χ3v) is 14.8. The van der Waals surface area contributed by atoms with Crippen molar-refractivity contribution in [2.45, 2.75) is 39.3 Å². The lowest BCUT2D eigenvalue weighted by molar-refractivity contribution is 0.948. The predicted octanol–water partition coefficient (Wildman–Crippen LogP) is 9.26. The fourth-order valence-corrected chi connectivity index (χ4v) is 16.5. The zero-order valence-electron chi connectivity index (χ0n) is 23.6. The normalized spacial score (nSPS) is 14.6. The van der Waals surface area contributed by atoms with Crippen molar-refractivity contribution in [2.24, 2.45) is 0 Å². The number of nitrogens with zero attached hydrogens (tertiary/aromatic N) is 1. The van der Waals surface area contributed by atoms with E-state index < -0.39 is 16.5 Å². The van der Waals surface area contributed by atoms with Gasteiger partial charge in [0, 0.05) is 0 Å². The highest BCUT2D eigenvalue weighted by atomic mass is 28.4. The monoisotopic (exact) mass is 527 g/mol. The predicted molar refractivity (Wildman–Crippen MR) is 174 cm³/mol. The summed E-state index contributed by atoms with van der Waals surface area (Å²) in [5.74, 6) is 0. The molecular formula is C34H38BNSi2. The van der Waals surface area contributed by atoms with E-state index in [-0.39, 0.29) is 6.85 Å². The van der Waals surface area contributed by atoms with E-state index in [0.717, 1.165) is 0 Å². The summed E-state index contributed by atoms with van der Waals surface area (Å²) in [6.45, 7) is 15.3. The van der Waals surface area contributed by atoms with Crippen LogP contribution in [0.2, 0.25) is 39.3 Å². The van der Waals surface area contributed by atoms with Gasteiger partial charge in [-0.25, -0.2) is 0 Å². The van der Waals surface area contributed by atoms with Gasteiger partial charge in [-0.2, -0.15) is 0 Å². The summed E-state index contributed by atoms with van der Waals surface area (Å²) in [4.78, 5) is 0. The van der Waals surface area contributed by atoms with Crippen LogP contribution in [0, 0.1) is 0 Å². The summed E-state index contributed by atoms with van der Waals surface area (Å²) in [5.41, 5.74) is 10.8. The van der Waals surface area contributed by atoms with Gasteiger partial charge in [-0.3, -0.25) is 0 Å². The Labute approximate surface area is 231 Å². The zero-order valence-corrected chi connectivity index (χ0v) is 25.6. The first-order valence-electron chi connectivity index (χ1n) is 13.7.